The van der Waals surface area contributed by atoms with Crippen molar-refractivity contribution in [1.29, 1.82) is 0 Å². The highest BCUT2D eigenvalue weighted by Gasteiger charge is 2.37. The first-order valence-electron chi connectivity index (χ1n) is 15.4. The van der Waals surface area contributed by atoms with Crippen molar-refractivity contribution < 1.29 is 14.6 Å². The monoisotopic (exact) mass is 611 g/mol. The molecule has 0 aliphatic carbocycles. The highest BCUT2D eigenvalue weighted by Crippen LogP contribution is 2.40. The van der Waals surface area contributed by atoms with Crippen LogP contribution in [-0.4, -0.2) is 49.3 Å². The molecule has 1 saturated heterocycles. The minimum absolute atomic E-state index is 0.0380. The van der Waals surface area contributed by atoms with Crippen molar-refractivity contribution in [3.8, 4) is 10.7 Å². The Hall–Kier alpha value is -3.82. The summed E-state index contributed by atoms with van der Waals surface area (Å²) >= 11 is 1.64. The van der Waals surface area contributed by atoms with Gasteiger partial charge in [0.05, 0.1) is 11.2 Å². The van der Waals surface area contributed by atoms with E-state index < -0.39 is 17.7 Å². The second kappa shape index (κ2) is 11.9. The molecule has 9 heteroatoms. The van der Waals surface area contributed by atoms with Crippen LogP contribution in [0.1, 0.15) is 80.3 Å². The Bertz CT molecular complexity index is 1740. The maximum absolute atomic E-state index is 12.7. The van der Waals surface area contributed by atoms with Crippen LogP contribution in [0.3, 0.4) is 0 Å². The van der Waals surface area contributed by atoms with E-state index in [2.05, 4.69) is 60.4 Å². The Balaban J connectivity index is 1.51. The number of ether oxygens (including phenoxy) is 1. The standard InChI is InChI=1S/C35H41N5O3S/c1-23-29(30(33(41)42)43-34(2,3)4)32-39-18-16-35(5,17-19-39)15-11-7-6-8-12-24-13-9-10-14-25(24)20-26-22-36-31(44-26)27-21-28(37-23)40(32)38-27/h6-7,9-11,13-15,21-22,30H,8,12,16-20H2,1-5H3,(H,41,42)/b7-6+,15-11+/t30-/m0/s1. The van der Waals surface area contributed by atoms with Gasteiger partial charge in [0.15, 0.2) is 11.8 Å². The largest absolute Gasteiger partial charge is 0.479 e. The Morgan fingerprint density at radius 1 is 1.14 bits per heavy atom. The molecular formula is C35H41N5O3S. The number of carboxylic acid groups (broad SMARTS) is 1. The van der Waals surface area contributed by atoms with Crippen molar-refractivity contribution >= 4 is 28.8 Å². The molecule has 0 spiro atoms. The lowest BCUT2D eigenvalue weighted by molar-refractivity contribution is -0.160. The minimum atomic E-state index is -1.19. The molecule has 1 aromatic carbocycles. The van der Waals surface area contributed by atoms with Gasteiger partial charge in [0.2, 0.25) is 0 Å². The Labute approximate surface area is 263 Å². The summed E-state index contributed by atoms with van der Waals surface area (Å²) in [6.07, 6.45) is 14.4. The number of carboxylic acids is 1. The van der Waals surface area contributed by atoms with Crippen LogP contribution >= 0.6 is 11.3 Å². The fourth-order valence-electron chi connectivity index (χ4n) is 6.18. The number of nitrogens with zero attached hydrogens (tertiary/aromatic N) is 5. The van der Waals surface area contributed by atoms with Gasteiger partial charge < -0.3 is 14.7 Å². The first-order valence-corrected chi connectivity index (χ1v) is 16.2. The number of piperidine rings is 1. The molecule has 0 amide bonds. The van der Waals surface area contributed by atoms with E-state index in [-0.39, 0.29) is 5.41 Å². The maximum Gasteiger partial charge on any atom is 0.337 e. The first kappa shape index (κ1) is 30.2. The molecule has 230 valence electrons. The van der Waals surface area contributed by atoms with E-state index in [1.54, 1.807) is 11.3 Å². The number of aromatic nitrogens is 4. The molecule has 4 aromatic rings. The number of carbonyl (C=O) groups is 1. The van der Waals surface area contributed by atoms with E-state index in [1.165, 1.54) is 16.0 Å². The summed E-state index contributed by atoms with van der Waals surface area (Å²) in [7, 11) is 0. The molecule has 3 aliphatic rings. The lowest BCUT2D eigenvalue weighted by Gasteiger charge is -2.40. The van der Waals surface area contributed by atoms with Gasteiger partial charge >= 0.3 is 5.97 Å². The molecule has 7 rings (SSSR count). The number of anilines is 1. The molecular weight excluding hydrogens is 570 g/mol. The predicted molar refractivity (Wildman–Crippen MR) is 175 cm³/mol. The van der Waals surface area contributed by atoms with Gasteiger partial charge in [-0.05, 0) is 69.9 Å². The van der Waals surface area contributed by atoms with Gasteiger partial charge in [-0.15, -0.1) is 11.3 Å². The van der Waals surface area contributed by atoms with Crippen LogP contribution in [0.2, 0.25) is 0 Å². The lowest BCUT2D eigenvalue weighted by Crippen LogP contribution is -2.40. The molecule has 3 aliphatic heterocycles. The number of aryl methyl sites for hydroxylation is 2. The zero-order valence-electron chi connectivity index (χ0n) is 26.2. The Morgan fingerprint density at radius 3 is 2.61 bits per heavy atom. The van der Waals surface area contributed by atoms with Crippen molar-refractivity contribution in [3.05, 3.63) is 88.1 Å². The highest BCUT2D eigenvalue weighted by molar-refractivity contribution is 7.15. The summed E-state index contributed by atoms with van der Waals surface area (Å²) in [4.78, 5) is 25.8. The van der Waals surface area contributed by atoms with Crippen molar-refractivity contribution in [3.63, 3.8) is 0 Å². The summed E-state index contributed by atoms with van der Waals surface area (Å²) in [6.45, 7) is 11.3. The number of hydrogen-bond donors (Lipinski definition) is 1. The van der Waals surface area contributed by atoms with Crippen molar-refractivity contribution in [2.24, 2.45) is 5.41 Å². The van der Waals surface area contributed by atoms with Crippen LogP contribution in [-0.2, 0) is 22.4 Å². The van der Waals surface area contributed by atoms with Gasteiger partial charge in [0, 0.05) is 42.3 Å². The van der Waals surface area contributed by atoms with E-state index in [9.17, 15) is 9.90 Å². The van der Waals surface area contributed by atoms with Gasteiger partial charge in [0.25, 0.3) is 0 Å². The van der Waals surface area contributed by atoms with E-state index >= 15 is 0 Å². The van der Waals surface area contributed by atoms with Gasteiger partial charge in [-0.1, -0.05) is 55.5 Å². The van der Waals surface area contributed by atoms with Gasteiger partial charge in [-0.25, -0.2) is 14.8 Å². The molecule has 3 aromatic heterocycles. The number of hydrogen-bond acceptors (Lipinski definition) is 7. The van der Waals surface area contributed by atoms with Gasteiger partial charge in [-0.2, -0.15) is 9.61 Å². The van der Waals surface area contributed by atoms with Crippen molar-refractivity contribution in [2.75, 3.05) is 18.0 Å². The molecule has 0 unspecified atom stereocenters. The topological polar surface area (TPSA) is 92.8 Å². The number of fused-ring (bicyclic) bond motifs is 5. The molecule has 1 atom stereocenters. The predicted octanol–water partition coefficient (Wildman–Crippen LogP) is 7.36. The van der Waals surface area contributed by atoms with Crippen molar-refractivity contribution in [2.45, 2.75) is 78.4 Å². The van der Waals surface area contributed by atoms with Crippen molar-refractivity contribution in [1.82, 2.24) is 19.6 Å². The Morgan fingerprint density at radius 2 is 1.89 bits per heavy atom. The average molecular weight is 612 g/mol. The SMILES string of the molecule is Cc1nc2cc3nn2c(c1[C@H](OC(C)(C)C)C(=O)O)N1CCC(C)(/C=C/C=C/CCc2ccccc2Cc2cnc-3s2)CC1. The zero-order valence-corrected chi connectivity index (χ0v) is 27.0. The fourth-order valence-corrected chi connectivity index (χ4v) is 7.07. The molecule has 44 heavy (non-hydrogen) atoms. The quantitative estimate of drug-likeness (QED) is 0.259. The van der Waals surface area contributed by atoms with Crippen LogP contribution in [0.15, 0.2) is 60.8 Å². The number of allylic oxidation sites excluding steroid dienone is 4. The molecule has 8 nitrogen and oxygen atoms in total. The summed E-state index contributed by atoms with van der Waals surface area (Å²) in [5.74, 6) is -0.304. The summed E-state index contributed by atoms with van der Waals surface area (Å²) in [5.41, 5.74) is 4.62. The van der Waals surface area contributed by atoms with Crippen LogP contribution in [0.4, 0.5) is 5.82 Å². The second-order valence-corrected chi connectivity index (χ2v) is 14.3. The van der Waals surface area contributed by atoms with E-state index in [0.29, 0.717) is 16.9 Å². The van der Waals surface area contributed by atoms with E-state index in [0.717, 1.165) is 61.7 Å². The maximum atomic E-state index is 12.7. The summed E-state index contributed by atoms with van der Waals surface area (Å²) in [5, 5.41) is 16.3. The molecule has 0 saturated carbocycles. The third-order valence-electron chi connectivity index (χ3n) is 8.55. The highest BCUT2D eigenvalue weighted by atomic mass is 32.1. The normalized spacial score (nSPS) is 19.1. The smallest absolute Gasteiger partial charge is 0.337 e. The summed E-state index contributed by atoms with van der Waals surface area (Å²) < 4.78 is 8.00. The number of rotatable bonds is 3. The first-order chi connectivity index (χ1) is 21.0. The molecule has 1 fully saturated rings. The third-order valence-corrected chi connectivity index (χ3v) is 9.57. The van der Waals surface area contributed by atoms with Gasteiger partial charge in [0.1, 0.15) is 16.5 Å². The van der Waals surface area contributed by atoms with Crippen LogP contribution in [0, 0.1) is 12.3 Å². The summed E-state index contributed by atoms with van der Waals surface area (Å²) in [6, 6.07) is 10.6. The van der Waals surface area contributed by atoms with Crippen LogP contribution < -0.4 is 4.90 Å². The number of aliphatic carboxylic acids is 1. The molecule has 1 N–H and O–H groups in total. The number of thiazole rings is 1. The third kappa shape index (κ3) is 6.35. The molecule has 6 heterocycles. The van der Waals surface area contributed by atoms with E-state index in [4.69, 9.17) is 19.8 Å². The fraction of sp³-hybridized carbons (Fsp3) is 0.429. The van der Waals surface area contributed by atoms with Crippen LogP contribution in [0.5, 0.6) is 0 Å². The molecule has 6 bridgehead atoms. The van der Waals surface area contributed by atoms with Crippen LogP contribution in [0.25, 0.3) is 16.3 Å². The Kier molecular flexibility index (Phi) is 8.20. The second-order valence-electron chi connectivity index (χ2n) is 13.2. The lowest BCUT2D eigenvalue weighted by atomic mass is 9.80. The number of benzene rings is 1. The van der Waals surface area contributed by atoms with E-state index in [1.807, 2.05) is 44.5 Å². The average Bonchev–Trinajstić information content (AvgIpc) is 3.60. The van der Waals surface area contributed by atoms with Gasteiger partial charge in [-0.3, -0.25) is 0 Å². The minimum Gasteiger partial charge on any atom is -0.479 e. The molecule has 0 radical (unpaired) electrons. The zero-order chi connectivity index (χ0) is 31.1.